The van der Waals surface area contributed by atoms with Crippen molar-refractivity contribution in [3.63, 3.8) is 0 Å². The molecule has 6 aromatic carbocycles. The van der Waals surface area contributed by atoms with Crippen molar-refractivity contribution in [2.75, 3.05) is 7.11 Å². The number of hydrogen-bond acceptors (Lipinski definition) is 5. The fourth-order valence-electron chi connectivity index (χ4n) is 12.5. The highest BCUT2D eigenvalue weighted by Gasteiger charge is 2.15. The smallest absolute Gasteiger partial charge is 0.120 e. The highest BCUT2D eigenvalue weighted by atomic mass is 35.5. The molecule has 0 radical (unpaired) electrons. The zero-order chi connectivity index (χ0) is 72.8. The Kier molecular flexibility index (Phi) is 47.9. The number of pyridine rings is 1. The van der Waals surface area contributed by atoms with E-state index in [-0.39, 0.29) is 33.3 Å². The number of aromatic nitrogens is 1. The molecule has 1 aromatic heterocycles. The standard InChI is InChI=1S/C14H22O.C12H18O.C11H15ClO.C10H13ClO.2C10H13Cl.C9H12ClN.C8H18.2CH4/c1-9(2)14-11(5)7-13(8-12(14)6)15-10(3)4;1-8(2)12-9(3)5-11(7-13)6-10(12)4;1-7(2)11-8(3)5-9(13-4)6-10(11)12;1-6(2)10-7(3)4-8(12)5-9(10)11;2*1-7(2)10-8(3)5-4-6-9(10)11;1-6(2)9-7(3)4-11-5-8(9)10;1-5-8(6-2)7(3)4;;/h7-10H,1-6H3;5-6,8,13H,7H2,1-4H3;5-7H,1-4H3;4-6,12H,1-3H3;2*4-7H,1-3H3;4-6H,1-3H3;7-8H,5-6H2,1-4H3;2*1H4. The number of benzene rings is 6. The van der Waals surface area contributed by atoms with Gasteiger partial charge in [-0.25, -0.2) is 0 Å². The molecule has 0 saturated carbocycles. The van der Waals surface area contributed by atoms with E-state index in [1.807, 2.05) is 56.4 Å². The summed E-state index contributed by atoms with van der Waals surface area (Å²) in [5.41, 5.74) is 21.2. The van der Waals surface area contributed by atoms with Gasteiger partial charge in [-0.15, -0.1) is 0 Å². The number of aryl methyl sites for hydroxylation is 9. The summed E-state index contributed by atoms with van der Waals surface area (Å²) in [6.45, 7) is 62.4. The molecule has 96 heavy (non-hydrogen) atoms. The lowest BCUT2D eigenvalue weighted by Crippen LogP contribution is -2.07. The molecular formula is C86H132Cl5NO4. The Morgan fingerprint density at radius 1 is 0.375 bits per heavy atom. The van der Waals surface area contributed by atoms with Crippen LogP contribution in [0.2, 0.25) is 25.1 Å². The van der Waals surface area contributed by atoms with Crippen LogP contribution in [-0.4, -0.2) is 28.4 Å². The van der Waals surface area contributed by atoms with Crippen LogP contribution in [0.15, 0.2) is 97.3 Å². The van der Waals surface area contributed by atoms with Gasteiger partial charge in [-0.3, -0.25) is 4.98 Å². The number of aromatic hydroxyl groups is 1. The van der Waals surface area contributed by atoms with E-state index in [0.717, 1.165) is 60.1 Å². The van der Waals surface area contributed by atoms with Crippen molar-refractivity contribution < 1.29 is 19.7 Å². The van der Waals surface area contributed by atoms with Crippen molar-refractivity contribution in [3.8, 4) is 17.2 Å². The molecule has 7 rings (SSSR count). The second kappa shape index (κ2) is 48.1. The van der Waals surface area contributed by atoms with E-state index in [1.54, 1.807) is 25.4 Å². The van der Waals surface area contributed by atoms with Crippen LogP contribution < -0.4 is 9.47 Å². The maximum atomic E-state index is 9.22. The van der Waals surface area contributed by atoms with E-state index in [1.165, 1.54) is 90.7 Å². The van der Waals surface area contributed by atoms with E-state index >= 15 is 0 Å². The largest absolute Gasteiger partial charge is 0.508 e. The zero-order valence-electron chi connectivity index (χ0n) is 63.7. The Morgan fingerprint density at radius 2 is 0.698 bits per heavy atom. The number of aliphatic hydroxyl groups excluding tert-OH is 1. The van der Waals surface area contributed by atoms with Crippen LogP contribution in [0, 0.1) is 74.1 Å². The monoisotopic (exact) mass is 1420 g/mol. The van der Waals surface area contributed by atoms with E-state index in [9.17, 15) is 5.11 Å². The first-order chi connectivity index (χ1) is 43.6. The third-order valence-electron chi connectivity index (χ3n) is 16.4. The summed E-state index contributed by atoms with van der Waals surface area (Å²) < 4.78 is 10.8. The average Bonchev–Trinajstić information content (AvgIpc) is 0.964. The minimum Gasteiger partial charge on any atom is -0.508 e. The maximum absolute atomic E-state index is 9.22. The molecule has 1 heterocycles. The fourth-order valence-corrected chi connectivity index (χ4v) is 14.8. The van der Waals surface area contributed by atoms with Crippen LogP contribution >= 0.6 is 58.0 Å². The van der Waals surface area contributed by atoms with Crippen molar-refractivity contribution in [2.24, 2.45) is 11.8 Å². The highest BCUT2D eigenvalue weighted by Crippen LogP contribution is 2.35. The molecular weight excluding hydrogens is 1290 g/mol. The zero-order valence-corrected chi connectivity index (χ0v) is 67.5. The number of methoxy groups -OCH3 is 1. The Bertz CT molecular complexity index is 2980. The second-order valence-corrected chi connectivity index (χ2v) is 29.7. The van der Waals surface area contributed by atoms with Crippen molar-refractivity contribution in [3.05, 3.63) is 217 Å². The van der Waals surface area contributed by atoms with Crippen LogP contribution in [0.4, 0.5) is 0 Å². The molecule has 2 N–H and O–H groups in total. The first-order valence-corrected chi connectivity index (χ1v) is 36.0. The van der Waals surface area contributed by atoms with Crippen LogP contribution in [-0.2, 0) is 6.61 Å². The lowest BCUT2D eigenvalue weighted by atomic mass is 9.91. The molecule has 0 bridgehead atoms. The summed E-state index contributed by atoms with van der Waals surface area (Å²) in [5.74, 6) is 7.40. The quantitative estimate of drug-likeness (QED) is 0.114. The number of phenols is 1. The topological polar surface area (TPSA) is 71.8 Å². The van der Waals surface area contributed by atoms with Gasteiger partial charge in [0, 0.05) is 32.5 Å². The predicted octanol–water partition coefficient (Wildman–Crippen LogP) is 29.5. The van der Waals surface area contributed by atoms with Gasteiger partial charge in [-0.1, -0.05) is 247 Å². The molecule has 0 saturated heterocycles. The Labute approximate surface area is 614 Å². The molecule has 0 aliphatic heterocycles. The molecule has 5 nitrogen and oxygen atoms in total. The number of ether oxygens (including phenoxy) is 2. The average molecular weight is 1420 g/mol. The maximum Gasteiger partial charge on any atom is 0.120 e. The van der Waals surface area contributed by atoms with Crippen molar-refractivity contribution in [1.82, 2.24) is 4.98 Å². The van der Waals surface area contributed by atoms with Crippen LogP contribution in [0.25, 0.3) is 0 Å². The molecule has 0 amide bonds. The third kappa shape index (κ3) is 33.0. The van der Waals surface area contributed by atoms with Gasteiger partial charge in [0.1, 0.15) is 17.2 Å². The fraction of sp³-hybridized carbons (Fsp3) is 0.523. The molecule has 0 spiro atoms. The lowest BCUT2D eigenvalue weighted by Gasteiger charge is -2.17. The van der Waals surface area contributed by atoms with Gasteiger partial charge in [0.05, 0.1) is 24.8 Å². The van der Waals surface area contributed by atoms with Gasteiger partial charge in [0.25, 0.3) is 0 Å². The first-order valence-electron chi connectivity index (χ1n) is 34.1. The molecule has 0 aliphatic carbocycles. The van der Waals surface area contributed by atoms with Gasteiger partial charge in [-0.05, 0) is 273 Å². The Hall–Kier alpha value is -4.72. The molecule has 0 unspecified atom stereocenters. The third-order valence-corrected chi connectivity index (χ3v) is 17.9. The highest BCUT2D eigenvalue weighted by molar-refractivity contribution is 6.32. The number of aliphatic hydroxyl groups is 1. The summed E-state index contributed by atoms with van der Waals surface area (Å²) in [7, 11) is 1.65. The van der Waals surface area contributed by atoms with E-state index < -0.39 is 0 Å². The Balaban J connectivity index is -0.00000103. The first kappa shape index (κ1) is 95.5. The van der Waals surface area contributed by atoms with Crippen LogP contribution in [0.1, 0.15) is 302 Å². The molecule has 540 valence electrons. The van der Waals surface area contributed by atoms with Crippen LogP contribution in [0.5, 0.6) is 17.2 Å². The summed E-state index contributed by atoms with van der Waals surface area (Å²) in [5, 5.41) is 22.2. The second-order valence-electron chi connectivity index (χ2n) is 27.6. The van der Waals surface area contributed by atoms with E-state index in [0.29, 0.717) is 46.4 Å². The SMILES string of the molecule is C.C.CCC(CC)C(C)C.COc1cc(C)c(C(C)C)c(Cl)c1.Cc1cc(CO)cc(C)c1C(C)C.Cc1cc(O)cc(Cl)c1C(C)C.Cc1cc(OC(C)C)cc(C)c1C(C)C.Cc1cccc(Cl)c1C(C)C.Cc1cccc(Cl)c1C(C)C.Cc1cncc(Cl)c1C(C)C. The number of hydrogen-bond donors (Lipinski definition) is 2. The Morgan fingerprint density at radius 3 is 0.958 bits per heavy atom. The van der Waals surface area contributed by atoms with E-state index in [2.05, 4.69) is 228 Å². The lowest BCUT2D eigenvalue weighted by molar-refractivity contribution is 0.242. The molecule has 10 heteroatoms. The number of rotatable bonds is 14. The molecule has 0 aliphatic rings. The molecule has 0 atom stereocenters. The van der Waals surface area contributed by atoms with Gasteiger partial charge < -0.3 is 19.7 Å². The van der Waals surface area contributed by atoms with Gasteiger partial charge in [0.2, 0.25) is 0 Å². The van der Waals surface area contributed by atoms with Crippen molar-refractivity contribution >= 4 is 58.0 Å². The number of halogens is 5. The van der Waals surface area contributed by atoms with Crippen LogP contribution in [0.3, 0.4) is 0 Å². The minimum atomic E-state index is 0. The summed E-state index contributed by atoms with van der Waals surface area (Å²) in [6.07, 6.45) is 6.47. The molecule has 7 aromatic rings. The van der Waals surface area contributed by atoms with Gasteiger partial charge in [0.15, 0.2) is 0 Å². The van der Waals surface area contributed by atoms with Crippen molar-refractivity contribution in [1.29, 1.82) is 0 Å². The minimum absolute atomic E-state index is 0. The van der Waals surface area contributed by atoms with Crippen molar-refractivity contribution in [2.45, 2.75) is 283 Å². The molecule has 0 fully saturated rings. The summed E-state index contributed by atoms with van der Waals surface area (Å²) in [6, 6.07) is 27.7. The van der Waals surface area contributed by atoms with Gasteiger partial charge >= 0.3 is 0 Å². The van der Waals surface area contributed by atoms with E-state index in [4.69, 9.17) is 72.6 Å². The summed E-state index contributed by atoms with van der Waals surface area (Å²) in [4.78, 5) is 3.99. The summed E-state index contributed by atoms with van der Waals surface area (Å²) >= 11 is 30.1. The number of phenolic OH excluding ortho intramolecular Hbond substituents is 1. The van der Waals surface area contributed by atoms with Gasteiger partial charge in [-0.2, -0.15) is 0 Å². The predicted molar refractivity (Wildman–Crippen MR) is 431 cm³/mol. The normalized spacial score (nSPS) is 10.6. The number of nitrogens with zero attached hydrogens (tertiary/aromatic N) is 1.